The third kappa shape index (κ3) is 6.34. The molecule has 0 amide bonds. The topological polar surface area (TPSA) is 52.6 Å². The first-order chi connectivity index (χ1) is 13.2. The minimum Gasteiger partial charge on any atom is -0.372 e. The lowest BCUT2D eigenvalue weighted by Crippen LogP contribution is -2.39. The van der Waals surface area contributed by atoms with E-state index >= 15 is 0 Å². The molecule has 0 saturated carbocycles. The average Bonchev–Trinajstić information content (AvgIpc) is 3.39. The number of halogens is 1. The van der Waals surface area contributed by atoms with Gasteiger partial charge in [0.1, 0.15) is 0 Å². The van der Waals surface area contributed by atoms with Crippen LogP contribution in [0.15, 0.2) is 34.6 Å². The molecule has 1 aliphatic heterocycles. The van der Waals surface area contributed by atoms with E-state index in [0.717, 1.165) is 31.0 Å². The van der Waals surface area contributed by atoms with Crippen LogP contribution in [0.1, 0.15) is 49.0 Å². The molecule has 1 aromatic heterocycles. The monoisotopic (exact) mass is 513 g/mol. The summed E-state index contributed by atoms with van der Waals surface area (Å²) in [6.45, 7) is 7.50. The third-order valence-corrected chi connectivity index (χ3v) is 6.04. The summed E-state index contributed by atoms with van der Waals surface area (Å²) in [5.41, 5.74) is 3.78. The molecule has 1 atom stereocenters. The Balaban J connectivity index is 0.00000280. The van der Waals surface area contributed by atoms with Crippen molar-refractivity contribution in [3.8, 4) is 0 Å². The lowest BCUT2D eigenvalue weighted by atomic mass is 10.1. The zero-order valence-electron chi connectivity index (χ0n) is 17.1. The Hall–Kier alpha value is -1.35. The average molecular weight is 513 g/mol. The van der Waals surface area contributed by atoms with E-state index in [1.165, 1.54) is 42.2 Å². The highest BCUT2D eigenvalue weighted by atomic mass is 127. The van der Waals surface area contributed by atoms with Gasteiger partial charge in [-0.2, -0.15) is 0 Å². The second-order valence-electron chi connectivity index (χ2n) is 6.99. The van der Waals surface area contributed by atoms with Crippen molar-refractivity contribution >= 4 is 47.0 Å². The molecule has 3 rings (SSSR count). The van der Waals surface area contributed by atoms with Gasteiger partial charge in [0.15, 0.2) is 5.96 Å². The highest BCUT2D eigenvalue weighted by Crippen LogP contribution is 2.23. The van der Waals surface area contributed by atoms with Crippen LogP contribution in [0.25, 0.3) is 0 Å². The van der Waals surface area contributed by atoms with Crippen LogP contribution >= 0.6 is 35.3 Å². The van der Waals surface area contributed by atoms with Gasteiger partial charge in [-0.3, -0.25) is 4.99 Å². The first-order valence-corrected chi connectivity index (χ1v) is 10.8. The molecule has 5 nitrogen and oxygen atoms in total. The van der Waals surface area contributed by atoms with Crippen molar-refractivity contribution in [2.75, 3.05) is 31.6 Å². The van der Waals surface area contributed by atoms with Crippen molar-refractivity contribution in [3.05, 3.63) is 45.9 Å². The Bertz CT molecular complexity index is 755. The van der Waals surface area contributed by atoms with E-state index in [1.807, 2.05) is 7.05 Å². The van der Waals surface area contributed by atoms with E-state index in [4.69, 9.17) is 0 Å². The molecule has 1 aromatic carbocycles. The minimum absolute atomic E-state index is 0. The minimum atomic E-state index is 0. The molecular weight excluding hydrogens is 481 g/mol. The molecule has 1 aliphatic rings. The number of nitrogens with zero attached hydrogens (tertiary/aromatic N) is 3. The number of guanidine groups is 1. The molecule has 154 valence electrons. The largest absolute Gasteiger partial charge is 0.372 e. The normalized spacial score (nSPS) is 15.2. The molecule has 1 unspecified atom stereocenters. The summed E-state index contributed by atoms with van der Waals surface area (Å²) in [6.07, 6.45) is 4.52. The zero-order chi connectivity index (χ0) is 19.1. The van der Waals surface area contributed by atoms with Gasteiger partial charge in [-0.15, -0.1) is 35.3 Å². The fourth-order valence-corrected chi connectivity index (χ4v) is 4.16. The molecule has 28 heavy (non-hydrogen) atoms. The van der Waals surface area contributed by atoms with Crippen molar-refractivity contribution in [1.82, 2.24) is 15.6 Å². The number of rotatable bonds is 7. The molecule has 0 spiro atoms. The van der Waals surface area contributed by atoms with Crippen LogP contribution in [-0.4, -0.2) is 37.6 Å². The van der Waals surface area contributed by atoms with Gasteiger partial charge in [-0.05, 0) is 43.9 Å². The number of hydrogen-bond acceptors (Lipinski definition) is 4. The maximum Gasteiger partial charge on any atom is 0.191 e. The van der Waals surface area contributed by atoms with Gasteiger partial charge in [-0.1, -0.05) is 19.1 Å². The van der Waals surface area contributed by atoms with Crippen LogP contribution < -0.4 is 15.5 Å². The van der Waals surface area contributed by atoms with Crippen LogP contribution in [0.3, 0.4) is 0 Å². The fourth-order valence-electron chi connectivity index (χ4n) is 3.38. The Labute approximate surface area is 190 Å². The highest BCUT2D eigenvalue weighted by Gasteiger charge is 2.14. The summed E-state index contributed by atoms with van der Waals surface area (Å²) in [5, 5.41) is 10.3. The number of benzene rings is 1. The van der Waals surface area contributed by atoms with Gasteiger partial charge in [0, 0.05) is 44.2 Å². The lowest BCUT2D eigenvalue weighted by Gasteiger charge is -2.22. The molecule has 2 aromatic rings. The number of nitrogens with one attached hydrogen (secondary N) is 2. The van der Waals surface area contributed by atoms with Crippen molar-refractivity contribution in [2.24, 2.45) is 4.99 Å². The van der Waals surface area contributed by atoms with Crippen LogP contribution in [-0.2, 0) is 12.8 Å². The van der Waals surface area contributed by atoms with E-state index in [2.05, 4.69) is 69.0 Å². The number of anilines is 1. The van der Waals surface area contributed by atoms with Gasteiger partial charge < -0.3 is 15.5 Å². The Morgan fingerprint density at radius 2 is 2.11 bits per heavy atom. The number of thiazole rings is 1. The smallest absolute Gasteiger partial charge is 0.191 e. The molecule has 0 radical (unpaired) electrons. The lowest BCUT2D eigenvalue weighted by molar-refractivity contribution is 0.682. The van der Waals surface area contributed by atoms with Gasteiger partial charge in [-0.25, -0.2) is 4.98 Å². The van der Waals surface area contributed by atoms with E-state index in [-0.39, 0.29) is 30.0 Å². The van der Waals surface area contributed by atoms with Gasteiger partial charge in [0.2, 0.25) is 0 Å². The van der Waals surface area contributed by atoms with Crippen molar-refractivity contribution in [2.45, 2.75) is 45.6 Å². The number of hydrogen-bond donors (Lipinski definition) is 2. The van der Waals surface area contributed by atoms with Crippen LogP contribution in [0.4, 0.5) is 5.69 Å². The van der Waals surface area contributed by atoms with Crippen LogP contribution in [0.5, 0.6) is 0 Å². The standard InChI is InChI=1S/C21H31N5S.HI/c1-4-20-25-18(15-27-20)10-11-23-21(22-3)24-16(2)17-8-7-9-19(14-17)26-12-5-6-13-26;/h7-9,14-16H,4-6,10-13H2,1-3H3,(H2,22,23,24);1H. The third-order valence-electron chi connectivity index (χ3n) is 4.99. The predicted molar refractivity (Wildman–Crippen MR) is 131 cm³/mol. The summed E-state index contributed by atoms with van der Waals surface area (Å²) in [5.74, 6) is 0.833. The molecular formula is C21H32IN5S. The first-order valence-electron chi connectivity index (χ1n) is 9.95. The molecule has 1 fully saturated rings. The molecule has 0 aliphatic carbocycles. The molecule has 2 heterocycles. The summed E-state index contributed by atoms with van der Waals surface area (Å²) >= 11 is 1.74. The van der Waals surface area contributed by atoms with Crippen LogP contribution in [0, 0.1) is 0 Å². The Morgan fingerprint density at radius 3 is 2.79 bits per heavy atom. The van der Waals surface area contributed by atoms with E-state index < -0.39 is 0 Å². The summed E-state index contributed by atoms with van der Waals surface area (Å²) in [7, 11) is 1.82. The summed E-state index contributed by atoms with van der Waals surface area (Å²) in [6, 6.07) is 9.06. The Kier molecular flexibility index (Phi) is 9.50. The predicted octanol–water partition coefficient (Wildman–Crippen LogP) is 4.39. The first kappa shape index (κ1) is 22.9. The number of aryl methyl sites for hydroxylation is 1. The molecule has 2 N–H and O–H groups in total. The fraction of sp³-hybridized carbons (Fsp3) is 0.524. The number of aromatic nitrogens is 1. The van der Waals surface area contributed by atoms with Gasteiger partial charge in [0.25, 0.3) is 0 Å². The Morgan fingerprint density at radius 1 is 1.32 bits per heavy atom. The molecule has 1 saturated heterocycles. The quantitative estimate of drug-likeness (QED) is 0.328. The highest BCUT2D eigenvalue weighted by molar-refractivity contribution is 14.0. The van der Waals surface area contributed by atoms with Crippen LogP contribution in [0.2, 0.25) is 0 Å². The maximum absolute atomic E-state index is 4.62. The maximum atomic E-state index is 4.62. The second-order valence-corrected chi connectivity index (χ2v) is 7.93. The zero-order valence-corrected chi connectivity index (χ0v) is 20.2. The van der Waals surface area contributed by atoms with Crippen molar-refractivity contribution in [1.29, 1.82) is 0 Å². The molecule has 0 bridgehead atoms. The summed E-state index contributed by atoms with van der Waals surface area (Å²) in [4.78, 5) is 11.5. The van der Waals surface area contributed by atoms with E-state index in [1.54, 1.807) is 11.3 Å². The van der Waals surface area contributed by atoms with Gasteiger partial charge in [0.05, 0.1) is 16.7 Å². The number of aliphatic imine (C=N–C) groups is 1. The SMILES string of the molecule is CCc1nc(CCNC(=NC)NC(C)c2cccc(N3CCCC3)c2)cs1.I. The van der Waals surface area contributed by atoms with Gasteiger partial charge >= 0.3 is 0 Å². The van der Waals surface area contributed by atoms with Crippen molar-refractivity contribution in [3.63, 3.8) is 0 Å². The molecule has 7 heteroatoms. The van der Waals surface area contributed by atoms with E-state index in [9.17, 15) is 0 Å². The second kappa shape index (κ2) is 11.6. The summed E-state index contributed by atoms with van der Waals surface area (Å²) < 4.78 is 0. The van der Waals surface area contributed by atoms with E-state index in [0.29, 0.717) is 0 Å². The van der Waals surface area contributed by atoms with Crippen molar-refractivity contribution < 1.29 is 0 Å².